The van der Waals surface area contributed by atoms with Crippen molar-refractivity contribution in [3.63, 3.8) is 0 Å². The van der Waals surface area contributed by atoms with Crippen molar-refractivity contribution < 1.29 is 19.1 Å². The molecule has 1 heterocycles. The summed E-state index contributed by atoms with van der Waals surface area (Å²) in [5.74, 6) is -0.972. The van der Waals surface area contributed by atoms with Gasteiger partial charge in [0.15, 0.2) is 5.96 Å². The number of nitrogens with zero attached hydrogens (tertiary/aromatic N) is 4. The van der Waals surface area contributed by atoms with Crippen molar-refractivity contribution >= 4 is 40.2 Å². The average molecular weight is 622 g/mol. The minimum atomic E-state index is -0.503. The van der Waals surface area contributed by atoms with Crippen molar-refractivity contribution in [2.24, 2.45) is 32.9 Å². The molecule has 0 saturated heterocycles. The monoisotopic (exact) mass is 621 g/mol. The summed E-state index contributed by atoms with van der Waals surface area (Å²) >= 11 is 0. The van der Waals surface area contributed by atoms with E-state index < -0.39 is 11.8 Å². The van der Waals surface area contributed by atoms with E-state index in [1.54, 1.807) is 36.4 Å². The number of hydrogen-bond donors (Lipinski definition) is 5. The number of hydrogen-bond acceptors (Lipinski definition) is 8. The number of para-hydroxylation sites is 2. The first kappa shape index (κ1) is 31.6. The first-order chi connectivity index (χ1) is 22.3. The van der Waals surface area contributed by atoms with E-state index in [0.29, 0.717) is 67.4 Å². The maximum Gasteiger partial charge on any atom is 0.248 e. The molecule has 1 aliphatic carbocycles. The Labute approximate surface area is 264 Å². The first-order valence-electron chi connectivity index (χ1n) is 14.5. The Kier molecular flexibility index (Phi) is 10.2. The predicted molar refractivity (Wildman–Crippen MR) is 177 cm³/mol. The highest BCUT2D eigenvalue weighted by Gasteiger charge is 2.17. The van der Waals surface area contributed by atoms with Gasteiger partial charge in [-0.1, -0.05) is 12.1 Å². The van der Waals surface area contributed by atoms with Crippen LogP contribution in [0.25, 0.3) is 28.1 Å². The van der Waals surface area contributed by atoms with Crippen LogP contribution in [0.5, 0.6) is 0 Å². The van der Waals surface area contributed by atoms with Crippen LogP contribution < -0.4 is 33.6 Å². The third kappa shape index (κ3) is 7.83. The van der Waals surface area contributed by atoms with Crippen LogP contribution in [0.1, 0.15) is 20.7 Å². The van der Waals surface area contributed by atoms with Crippen LogP contribution in [0.15, 0.2) is 94.9 Å². The fourth-order valence-corrected chi connectivity index (χ4v) is 4.79. The zero-order chi connectivity index (χ0) is 32.5. The molecular weight excluding hydrogens is 586 g/mol. The summed E-state index contributed by atoms with van der Waals surface area (Å²) in [5.41, 5.74) is 27.8. The van der Waals surface area contributed by atoms with E-state index in [9.17, 15) is 9.59 Å². The Morgan fingerprint density at radius 3 is 2.04 bits per heavy atom. The van der Waals surface area contributed by atoms with Crippen molar-refractivity contribution in [2.45, 2.75) is 0 Å². The lowest BCUT2D eigenvalue weighted by Crippen LogP contribution is -2.23. The second kappa shape index (κ2) is 14.8. The second-order valence-corrected chi connectivity index (χ2v) is 10.2. The molecule has 236 valence electrons. The molecule has 0 aromatic heterocycles. The SMILES string of the molecule is NC(=O)c1ccc(Nc2cc3nc4ccccc4n(-c4ccc(C(N)=O)cc4)c-3cc2=NCCOCCOCCN=C(N)N)cc1. The molecule has 13 heteroatoms. The van der Waals surface area contributed by atoms with Gasteiger partial charge in [0.1, 0.15) is 0 Å². The van der Waals surface area contributed by atoms with Gasteiger partial charge < -0.3 is 42.3 Å². The van der Waals surface area contributed by atoms with Gasteiger partial charge in [-0.05, 0) is 72.8 Å². The van der Waals surface area contributed by atoms with Gasteiger partial charge in [-0.15, -0.1) is 0 Å². The zero-order valence-electron chi connectivity index (χ0n) is 25.1. The largest absolute Gasteiger partial charge is 0.377 e. The molecule has 0 saturated carbocycles. The Morgan fingerprint density at radius 2 is 1.39 bits per heavy atom. The minimum absolute atomic E-state index is 0.0298. The number of rotatable bonds is 14. The lowest BCUT2D eigenvalue weighted by molar-refractivity contribution is 0.0539. The van der Waals surface area contributed by atoms with Gasteiger partial charge in [0.2, 0.25) is 11.8 Å². The number of nitrogens with one attached hydrogen (secondary N) is 1. The number of carbonyl (C=O) groups is 2. The van der Waals surface area contributed by atoms with E-state index in [4.69, 9.17) is 42.4 Å². The van der Waals surface area contributed by atoms with Gasteiger partial charge in [0.05, 0.1) is 73.0 Å². The summed E-state index contributed by atoms with van der Waals surface area (Å²) in [4.78, 5) is 37.0. The van der Waals surface area contributed by atoms with Gasteiger partial charge in [0, 0.05) is 22.5 Å². The Morgan fingerprint density at radius 1 is 0.761 bits per heavy atom. The number of carbonyl (C=O) groups excluding carboxylic acids is 2. The quantitative estimate of drug-likeness (QED) is 0.0536. The van der Waals surface area contributed by atoms with Gasteiger partial charge in [-0.3, -0.25) is 19.6 Å². The molecule has 0 atom stereocenters. The number of aliphatic imine (C=N–C) groups is 1. The van der Waals surface area contributed by atoms with Gasteiger partial charge in [0.25, 0.3) is 0 Å². The van der Waals surface area contributed by atoms with Crippen LogP contribution in [0.2, 0.25) is 0 Å². The number of fused-ring (bicyclic) bond motifs is 2. The maximum absolute atomic E-state index is 11.7. The summed E-state index contributed by atoms with van der Waals surface area (Å²) in [6.07, 6.45) is 0. The number of anilines is 2. The zero-order valence-corrected chi connectivity index (χ0v) is 25.1. The summed E-state index contributed by atoms with van der Waals surface area (Å²) in [7, 11) is 0. The highest BCUT2D eigenvalue weighted by Crippen LogP contribution is 2.30. The Bertz CT molecular complexity index is 1900. The fraction of sp³-hybridized carbons (Fsp3) is 0.182. The summed E-state index contributed by atoms with van der Waals surface area (Å²) in [5, 5.41) is 4.08. The molecule has 1 aliphatic heterocycles. The molecule has 9 N–H and O–H groups in total. The molecule has 0 radical (unpaired) electrons. The summed E-state index contributed by atoms with van der Waals surface area (Å²) < 4.78 is 13.3. The number of guanidine groups is 1. The van der Waals surface area contributed by atoms with Crippen LogP contribution in [-0.4, -0.2) is 66.8 Å². The summed E-state index contributed by atoms with van der Waals surface area (Å²) in [6.45, 7) is 2.32. The van der Waals surface area contributed by atoms with Crippen molar-refractivity contribution in [1.82, 2.24) is 9.55 Å². The topological polar surface area (TPSA) is 211 Å². The Hall–Kier alpha value is -5.79. The number of primary amides is 2. The maximum atomic E-state index is 11.7. The van der Waals surface area contributed by atoms with Gasteiger partial charge in [-0.2, -0.15) is 0 Å². The van der Waals surface area contributed by atoms with E-state index in [0.717, 1.165) is 28.1 Å². The molecule has 3 aromatic rings. The molecule has 2 aliphatic rings. The minimum Gasteiger partial charge on any atom is -0.377 e. The average Bonchev–Trinajstić information content (AvgIpc) is 3.05. The van der Waals surface area contributed by atoms with E-state index in [1.165, 1.54) is 0 Å². The molecule has 0 spiro atoms. The molecule has 5 rings (SSSR count). The van der Waals surface area contributed by atoms with Crippen LogP contribution >= 0.6 is 0 Å². The van der Waals surface area contributed by atoms with E-state index in [-0.39, 0.29) is 5.96 Å². The molecule has 0 bridgehead atoms. The predicted octanol–water partition coefficient (Wildman–Crippen LogP) is 2.28. The molecule has 2 amide bonds. The molecule has 0 unspecified atom stereocenters. The number of amides is 2. The van der Waals surface area contributed by atoms with Crippen LogP contribution in [0.4, 0.5) is 11.4 Å². The number of benzene rings is 4. The number of nitrogens with two attached hydrogens (primary N) is 4. The fourth-order valence-electron chi connectivity index (χ4n) is 4.79. The van der Waals surface area contributed by atoms with Crippen molar-refractivity contribution in [3.8, 4) is 17.1 Å². The summed E-state index contributed by atoms with van der Waals surface area (Å²) in [6, 6.07) is 25.7. The van der Waals surface area contributed by atoms with Crippen molar-refractivity contribution in [1.29, 1.82) is 0 Å². The lowest BCUT2D eigenvalue weighted by Gasteiger charge is -2.20. The highest BCUT2D eigenvalue weighted by molar-refractivity contribution is 5.94. The van der Waals surface area contributed by atoms with Gasteiger partial charge in [-0.25, -0.2) is 4.98 Å². The van der Waals surface area contributed by atoms with E-state index in [1.807, 2.05) is 48.5 Å². The molecule has 0 fully saturated rings. The molecule has 13 nitrogen and oxygen atoms in total. The first-order valence-corrected chi connectivity index (χ1v) is 14.5. The normalized spacial score (nSPS) is 11.5. The van der Waals surface area contributed by atoms with Crippen LogP contribution in [-0.2, 0) is 9.47 Å². The Balaban J connectivity index is 1.49. The second-order valence-electron chi connectivity index (χ2n) is 10.2. The number of ether oxygens (including phenoxy) is 2. The molecule has 46 heavy (non-hydrogen) atoms. The third-order valence-corrected chi connectivity index (χ3v) is 6.98. The van der Waals surface area contributed by atoms with Gasteiger partial charge >= 0.3 is 0 Å². The third-order valence-electron chi connectivity index (χ3n) is 6.98. The van der Waals surface area contributed by atoms with Crippen molar-refractivity contribution in [3.05, 3.63) is 101 Å². The van der Waals surface area contributed by atoms with E-state index >= 15 is 0 Å². The molecule has 3 aromatic carbocycles. The standard InChI is InChI=1S/C33H35N9O4/c34-31(43)21-5-9-23(10-6-21)40-27-19-28-30(20-26(27)38-13-15-45-17-18-46-16-14-39-33(36)37)42(29-4-2-1-3-25(29)41-28)24-11-7-22(8-12-24)32(35)44/h1-12,19-20,40H,13-18H2,(H2,34,43)(H2,35,44)(H4,36,37,39). The highest BCUT2D eigenvalue weighted by atomic mass is 16.5. The smallest absolute Gasteiger partial charge is 0.248 e. The number of aromatic nitrogens is 2. The van der Waals surface area contributed by atoms with Crippen LogP contribution in [0, 0.1) is 0 Å². The van der Waals surface area contributed by atoms with Crippen molar-refractivity contribution in [2.75, 3.05) is 44.8 Å². The van der Waals surface area contributed by atoms with Crippen LogP contribution in [0.3, 0.4) is 0 Å². The molecular formula is C33H35N9O4. The lowest BCUT2D eigenvalue weighted by atomic mass is 10.1. The van der Waals surface area contributed by atoms with E-state index in [2.05, 4.69) is 14.9 Å².